The molecule has 5 aliphatic rings. The van der Waals surface area contributed by atoms with E-state index in [0.717, 1.165) is 34.7 Å². The van der Waals surface area contributed by atoms with Gasteiger partial charge in [-0.25, -0.2) is 0 Å². The summed E-state index contributed by atoms with van der Waals surface area (Å²) in [5.41, 5.74) is 7.80. The van der Waals surface area contributed by atoms with Crippen molar-refractivity contribution in [2.75, 3.05) is 4.90 Å². The van der Waals surface area contributed by atoms with E-state index in [4.69, 9.17) is 4.74 Å². The molecule has 1 aliphatic heterocycles. The molecule has 0 saturated heterocycles. The lowest BCUT2D eigenvalue weighted by Gasteiger charge is -2.64. The van der Waals surface area contributed by atoms with Crippen LogP contribution in [0.5, 0.6) is 11.5 Å². The molecule has 0 N–H and O–H groups in total. The number of benzene rings is 5. The number of hydrogen-bond donors (Lipinski definition) is 0. The second-order valence-electron chi connectivity index (χ2n) is 13.4. The summed E-state index contributed by atoms with van der Waals surface area (Å²) in [4.78, 5) is 2.37. The second kappa shape index (κ2) is 9.91. The molecular formula is C40H36BNO. The van der Waals surface area contributed by atoms with Gasteiger partial charge in [0, 0.05) is 5.69 Å². The van der Waals surface area contributed by atoms with Gasteiger partial charge in [-0.2, -0.15) is 0 Å². The summed E-state index contributed by atoms with van der Waals surface area (Å²) in [5, 5.41) is 0.0788. The van der Waals surface area contributed by atoms with E-state index in [1.165, 1.54) is 54.3 Å². The van der Waals surface area contributed by atoms with Crippen molar-refractivity contribution < 1.29 is 4.74 Å². The van der Waals surface area contributed by atoms with Crippen LogP contribution in [0.3, 0.4) is 0 Å². The number of rotatable bonds is 5. The fraction of sp³-hybridized carbons (Fsp3) is 0.250. The van der Waals surface area contributed by atoms with Gasteiger partial charge >= 0.3 is 0 Å². The van der Waals surface area contributed by atoms with Gasteiger partial charge in [0.1, 0.15) is 0 Å². The van der Waals surface area contributed by atoms with Crippen LogP contribution in [0.4, 0.5) is 17.1 Å². The molecule has 10 rings (SSSR count). The Morgan fingerprint density at radius 2 is 0.977 bits per heavy atom. The minimum Gasteiger partial charge on any atom is -0.453 e. The Morgan fingerprint density at radius 1 is 0.512 bits per heavy atom. The predicted octanol–water partition coefficient (Wildman–Crippen LogP) is 8.80. The molecule has 0 radical (unpaired) electrons. The third-order valence-corrected chi connectivity index (χ3v) is 11.3. The molecule has 1 heterocycles. The van der Waals surface area contributed by atoms with Crippen molar-refractivity contribution >= 4 is 34.7 Å². The lowest BCUT2D eigenvalue weighted by Crippen LogP contribution is -2.69. The van der Waals surface area contributed by atoms with E-state index in [2.05, 4.69) is 138 Å². The molecule has 5 aromatic carbocycles. The minimum atomic E-state index is 0.0788. The number of hydrogen-bond acceptors (Lipinski definition) is 2. The molecule has 0 aromatic heterocycles. The summed E-state index contributed by atoms with van der Waals surface area (Å²) in [5.74, 6) is 5.01. The van der Waals surface area contributed by atoms with E-state index in [1.54, 1.807) is 0 Å². The Hall–Kier alpha value is -4.24. The highest BCUT2D eigenvalue weighted by atomic mass is 16.5. The molecule has 0 spiro atoms. The van der Waals surface area contributed by atoms with Gasteiger partial charge in [0.2, 0.25) is 6.71 Å². The summed E-state index contributed by atoms with van der Waals surface area (Å²) in [6, 6.07) is 49.4. The summed E-state index contributed by atoms with van der Waals surface area (Å²) in [6.07, 6.45) is 6.94. The van der Waals surface area contributed by atoms with E-state index in [9.17, 15) is 0 Å². The van der Waals surface area contributed by atoms with Crippen LogP contribution >= 0.6 is 0 Å². The second-order valence-corrected chi connectivity index (χ2v) is 13.4. The fourth-order valence-electron chi connectivity index (χ4n) is 9.99. The van der Waals surface area contributed by atoms with Gasteiger partial charge in [0.25, 0.3) is 0 Å². The lowest BCUT2D eigenvalue weighted by molar-refractivity contribution is -0.0249. The average Bonchev–Trinajstić information content (AvgIpc) is 3.06. The molecule has 4 saturated carbocycles. The molecule has 4 fully saturated rings. The zero-order chi connectivity index (χ0) is 28.4. The van der Waals surface area contributed by atoms with Crippen molar-refractivity contribution in [3.8, 4) is 11.5 Å². The van der Waals surface area contributed by atoms with Crippen LogP contribution in [-0.2, 0) is 5.31 Å². The zero-order valence-electron chi connectivity index (χ0n) is 24.5. The Morgan fingerprint density at radius 3 is 1.49 bits per heavy atom. The van der Waals surface area contributed by atoms with Crippen LogP contribution in [0.25, 0.3) is 0 Å². The number of para-hydroxylation sites is 4. The quantitative estimate of drug-likeness (QED) is 0.197. The fourth-order valence-corrected chi connectivity index (χ4v) is 9.99. The molecule has 5 aromatic rings. The van der Waals surface area contributed by atoms with Gasteiger partial charge < -0.3 is 9.64 Å². The first-order valence-electron chi connectivity index (χ1n) is 16.2. The molecule has 4 bridgehead atoms. The molecule has 0 unspecified atom stereocenters. The zero-order valence-corrected chi connectivity index (χ0v) is 24.5. The van der Waals surface area contributed by atoms with Crippen molar-refractivity contribution in [3.63, 3.8) is 0 Å². The summed E-state index contributed by atoms with van der Waals surface area (Å²) in [6.45, 7) is 0.334. The Balaban J connectivity index is 1.22. The van der Waals surface area contributed by atoms with E-state index >= 15 is 0 Å². The third kappa shape index (κ3) is 3.87. The Labute approximate surface area is 255 Å². The normalized spacial score (nSPS) is 26.4. The monoisotopic (exact) mass is 557 g/mol. The highest BCUT2D eigenvalue weighted by Gasteiger charge is 2.62. The Bertz CT molecular complexity index is 1650. The van der Waals surface area contributed by atoms with Crippen LogP contribution in [0.1, 0.15) is 37.7 Å². The molecular weight excluding hydrogens is 521 g/mol. The van der Waals surface area contributed by atoms with Gasteiger partial charge in [-0.15, -0.1) is 0 Å². The summed E-state index contributed by atoms with van der Waals surface area (Å²) >= 11 is 0. The van der Waals surface area contributed by atoms with Gasteiger partial charge in [0.15, 0.2) is 11.5 Å². The molecule has 0 amide bonds. The maximum absolute atomic E-state index is 6.32. The van der Waals surface area contributed by atoms with Gasteiger partial charge in [0.05, 0.1) is 11.4 Å². The summed E-state index contributed by atoms with van der Waals surface area (Å²) < 4.78 is 6.32. The highest BCUT2D eigenvalue weighted by Crippen LogP contribution is 2.64. The van der Waals surface area contributed by atoms with Gasteiger partial charge in [-0.05, 0) is 103 Å². The number of fused-ring (bicyclic) bond motifs is 2. The minimum absolute atomic E-state index is 0.0788. The van der Waals surface area contributed by atoms with Crippen molar-refractivity contribution in [2.24, 2.45) is 23.7 Å². The first kappa shape index (κ1) is 25.3. The van der Waals surface area contributed by atoms with E-state index in [1.807, 2.05) is 0 Å². The molecule has 3 heteroatoms. The van der Waals surface area contributed by atoms with Gasteiger partial charge in [-0.3, -0.25) is 0 Å². The average molecular weight is 558 g/mol. The largest absolute Gasteiger partial charge is 0.453 e. The van der Waals surface area contributed by atoms with E-state index < -0.39 is 0 Å². The summed E-state index contributed by atoms with van der Waals surface area (Å²) in [7, 11) is 0. The van der Waals surface area contributed by atoms with Crippen molar-refractivity contribution in [1.29, 1.82) is 0 Å². The van der Waals surface area contributed by atoms with Crippen molar-refractivity contribution in [2.45, 2.75) is 37.4 Å². The standard InChI is InChI=1S/C40H36BNO/c1-3-11-33(12-4-1)41(34-13-5-2-6-14-34)40(31-24-28-23-29(26-31)27-32(40)25-28)30-19-21-35(22-20-30)42-36-15-7-9-17-38(36)43-39-18-10-8-16-37(39)42/h1-22,28-29,31-32H,23-27H2. The van der Waals surface area contributed by atoms with Crippen LogP contribution in [-0.4, -0.2) is 6.71 Å². The van der Waals surface area contributed by atoms with Crippen molar-refractivity contribution in [1.82, 2.24) is 0 Å². The number of ether oxygens (including phenoxy) is 1. The van der Waals surface area contributed by atoms with Crippen molar-refractivity contribution in [3.05, 3.63) is 139 Å². The van der Waals surface area contributed by atoms with Crippen LogP contribution in [0.2, 0.25) is 0 Å². The third-order valence-electron chi connectivity index (χ3n) is 11.3. The predicted molar refractivity (Wildman–Crippen MR) is 178 cm³/mol. The number of nitrogens with zero attached hydrogens (tertiary/aromatic N) is 1. The lowest BCUT2D eigenvalue weighted by atomic mass is 9.17. The smallest absolute Gasteiger partial charge is 0.220 e. The van der Waals surface area contributed by atoms with Crippen LogP contribution < -0.4 is 20.6 Å². The molecule has 0 atom stereocenters. The molecule has 43 heavy (non-hydrogen) atoms. The molecule has 4 aliphatic carbocycles. The maximum atomic E-state index is 6.32. The maximum Gasteiger partial charge on any atom is 0.220 e. The highest BCUT2D eigenvalue weighted by molar-refractivity contribution is 6.87. The van der Waals surface area contributed by atoms with Gasteiger partial charge in [-0.1, -0.05) is 108 Å². The topological polar surface area (TPSA) is 12.5 Å². The SMILES string of the molecule is c1ccc(B(c2ccccc2)C2(c3ccc(N4c5ccccc5Oc5ccccc54)cc3)C3CC4CC(C3)CC2C4)cc1. The van der Waals surface area contributed by atoms with Crippen LogP contribution in [0, 0.1) is 23.7 Å². The van der Waals surface area contributed by atoms with E-state index in [0.29, 0.717) is 18.5 Å². The first-order valence-corrected chi connectivity index (χ1v) is 16.2. The Kier molecular flexibility index (Phi) is 5.83. The number of anilines is 3. The molecule has 210 valence electrons. The van der Waals surface area contributed by atoms with Crippen LogP contribution in [0.15, 0.2) is 133 Å². The van der Waals surface area contributed by atoms with E-state index in [-0.39, 0.29) is 5.31 Å². The first-order chi connectivity index (χ1) is 21.3. The molecule has 2 nitrogen and oxygen atoms in total.